The maximum absolute atomic E-state index is 10.9. The molecule has 3 N–H and O–H groups in total. The van der Waals surface area contributed by atoms with E-state index in [1.807, 2.05) is 12.1 Å². The lowest BCUT2D eigenvalue weighted by molar-refractivity contribution is -0.136. The first kappa shape index (κ1) is 13.7. The highest BCUT2D eigenvalue weighted by Gasteiger charge is 2.04. The van der Waals surface area contributed by atoms with Crippen LogP contribution in [0.1, 0.15) is 16.2 Å². The molecule has 1 aromatic heterocycles. The predicted molar refractivity (Wildman–Crippen MR) is 66.0 cm³/mol. The van der Waals surface area contributed by atoms with Gasteiger partial charge in [0.15, 0.2) is 0 Å². The number of rotatable bonds is 7. The molecule has 5 nitrogen and oxygen atoms in total. The molecule has 1 aromatic rings. The summed E-state index contributed by atoms with van der Waals surface area (Å²) in [5, 5.41) is 14.3. The number of carboxylic acid groups (broad SMARTS) is 1. The highest BCUT2D eigenvalue weighted by molar-refractivity contribution is 7.12. The minimum atomic E-state index is -0.814. The second-order valence-corrected chi connectivity index (χ2v) is 4.79. The number of amides is 1. The number of hydrogen-bond donors (Lipinski definition) is 3. The minimum absolute atomic E-state index is 0.00949. The molecule has 0 radical (unpaired) electrons. The van der Waals surface area contributed by atoms with E-state index >= 15 is 0 Å². The first-order valence-electron chi connectivity index (χ1n) is 5.32. The van der Waals surface area contributed by atoms with E-state index in [1.54, 1.807) is 7.05 Å². The highest BCUT2D eigenvalue weighted by Crippen LogP contribution is 2.16. The fraction of sp³-hybridized carbons (Fsp3) is 0.455. The van der Waals surface area contributed by atoms with Crippen LogP contribution in [0.3, 0.4) is 0 Å². The van der Waals surface area contributed by atoms with Crippen molar-refractivity contribution in [2.45, 2.75) is 19.4 Å². The third kappa shape index (κ3) is 5.46. The van der Waals surface area contributed by atoms with Crippen LogP contribution in [0.5, 0.6) is 0 Å². The number of nitrogens with one attached hydrogen (secondary N) is 2. The number of carbonyl (C=O) groups is 2. The summed E-state index contributed by atoms with van der Waals surface area (Å²) in [5.41, 5.74) is 0. The van der Waals surface area contributed by atoms with Gasteiger partial charge in [-0.2, -0.15) is 0 Å². The molecule has 94 valence electrons. The van der Waals surface area contributed by atoms with Crippen molar-refractivity contribution in [1.29, 1.82) is 0 Å². The van der Waals surface area contributed by atoms with Gasteiger partial charge in [-0.1, -0.05) is 0 Å². The number of carboxylic acids is 1. The molecule has 0 bridgehead atoms. The average Bonchev–Trinajstić information content (AvgIpc) is 2.70. The van der Waals surface area contributed by atoms with Gasteiger partial charge in [-0.15, -0.1) is 11.3 Å². The molecular weight excluding hydrogens is 240 g/mol. The van der Waals surface area contributed by atoms with Crippen LogP contribution in [0.4, 0.5) is 0 Å². The molecular formula is C11H16N2O3S. The standard InChI is InChI=1S/C11H16N2O3S/c1-12-10(14)4-5-13-7-9-3-2-8(17-9)6-11(15)16/h2-3,13H,4-7H2,1H3,(H,12,14)(H,15,16). The minimum Gasteiger partial charge on any atom is -0.481 e. The zero-order chi connectivity index (χ0) is 12.7. The van der Waals surface area contributed by atoms with Crippen molar-refractivity contribution >= 4 is 23.2 Å². The van der Waals surface area contributed by atoms with E-state index < -0.39 is 5.97 Å². The van der Waals surface area contributed by atoms with Crippen LogP contribution >= 0.6 is 11.3 Å². The first-order chi connectivity index (χ1) is 8.11. The first-order valence-corrected chi connectivity index (χ1v) is 6.14. The largest absolute Gasteiger partial charge is 0.481 e. The zero-order valence-electron chi connectivity index (χ0n) is 9.66. The summed E-state index contributed by atoms with van der Waals surface area (Å²) in [6, 6.07) is 3.74. The molecule has 0 aromatic carbocycles. The number of carbonyl (C=O) groups excluding carboxylic acids is 1. The van der Waals surface area contributed by atoms with Gasteiger partial charge >= 0.3 is 5.97 Å². The number of thiophene rings is 1. The lowest BCUT2D eigenvalue weighted by Gasteiger charge is -2.01. The molecule has 1 amide bonds. The van der Waals surface area contributed by atoms with Crippen LogP contribution in [0.2, 0.25) is 0 Å². The Hall–Kier alpha value is -1.40. The van der Waals surface area contributed by atoms with Gasteiger partial charge in [0.1, 0.15) is 0 Å². The van der Waals surface area contributed by atoms with Crippen molar-refractivity contribution in [3.05, 3.63) is 21.9 Å². The lowest BCUT2D eigenvalue weighted by atomic mass is 10.3. The summed E-state index contributed by atoms with van der Waals surface area (Å²) in [6.45, 7) is 1.28. The zero-order valence-corrected chi connectivity index (χ0v) is 10.5. The summed E-state index contributed by atoms with van der Waals surface area (Å²) in [4.78, 5) is 23.4. The molecule has 17 heavy (non-hydrogen) atoms. The molecule has 0 spiro atoms. The van der Waals surface area contributed by atoms with E-state index in [9.17, 15) is 9.59 Å². The maximum atomic E-state index is 10.9. The Labute approximate surface area is 104 Å². The van der Waals surface area contributed by atoms with Crippen molar-refractivity contribution in [2.75, 3.05) is 13.6 Å². The second-order valence-electron chi connectivity index (χ2n) is 3.54. The Morgan fingerprint density at radius 3 is 2.71 bits per heavy atom. The Balaban J connectivity index is 2.25. The van der Waals surface area contributed by atoms with Crippen LogP contribution in [-0.4, -0.2) is 30.6 Å². The van der Waals surface area contributed by atoms with Crippen LogP contribution in [-0.2, 0) is 22.6 Å². The van der Waals surface area contributed by atoms with E-state index in [2.05, 4.69) is 10.6 Å². The number of aliphatic carboxylic acids is 1. The lowest BCUT2D eigenvalue weighted by Crippen LogP contribution is -2.24. The van der Waals surface area contributed by atoms with Gasteiger partial charge in [0, 0.05) is 36.3 Å². The summed E-state index contributed by atoms with van der Waals surface area (Å²) >= 11 is 1.48. The monoisotopic (exact) mass is 256 g/mol. The van der Waals surface area contributed by atoms with Gasteiger partial charge in [0.2, 0.25) is 5.91 Å². The summed E-state index contributed by atoms with van der Waals surface area (Å²) < 4.78 is 0. The average molecular weight is 256 g/mol. The van der Waals surface area contributed by atoms with Gasteiger partial charge in [0.25, 0.3) is 0 Å². The third-order valence-electron chi connectivity index (χ3n) is 2.15. The van der Waals surface area contributed by atoms with E-state index in [1.165, 1.54) is 11.3 Å². The Morgan fingerprint density at radius 2 is 2.06 bits per heavy atom. The third-order valence-corrected chi connectivity index (χ3v) is 3.23. The quantitative estimate of drug-likeness (QED) is 0.624. The molecule has 0 aliphatic heterocycles. The van der Waals surface area contributed by atoms with Crippen LogP contribution in [0.25, 0.3) is 0 Å². The fourth-order valence-corrected chi connectivity index (χ4v) is 2.28. The summed E-state index contributed by atoms with van der Waals surface area (Å²) in [5.74, 6) is -0.804. The Morgan fingerprint density at radius 1 is 1.35 bits per heavy atom. The molecule has 0 unspecified atom stereocenters. The van der Waals surface area contributed by atoms with Gasteiger partial charge in [-0.05, 0) is 12.1 Å². The van der Waals surface area contributed by atoms with Crippen LogP contribution < -0.4 is 10.6 Å². The molecule has 0 atom stereocenters. The normalized spacial score (nSPS) is 10.2. The SMILES string of the molecule is CNC(=O)CCNCc1ccc(CC(=O)O)s1. The Kier molecular flexibility index (Phi) is 5.65. The molecule has 6 heteroatoms. The second kappa shape index (κ2) is 7.03. The van der Waals surface area contributed by atoms with Crippen LogP contribution in [0, 0.1) is 0 Å². The molecule has 0 saturated heterocycles. The summed E-state index contributed by atoms with van der Waals surface area (Å²) in [6.07, 6.45) is 0.521. The molecule has 0 fully saturated rings. The van der Waals surface area contributed by atoms with Gasteiger partial charge in [-0.25, -0.2) is 0 Å². The predicted octanol–water partition coefficient (Wildman–Crippen LogP) is 0.601. The van der Waals surface area contributed by atoms with E-state index in [-0.39, 0.29) is 12.3 Å². The van der Waals surface area contributed by atoms with Gasteiger partial charge < -0.3 is 15.7 Å². The van der Waals surface area contributed by atoms with Crippen molar-refractivity contribution in [2.24, 2.45) is 0 Å². The molecule has 1 rings (SSSR count). The van der Waals surface area contributed by atoms with E-state index in [0.29, 0.717) is 19.5 Å². The smallest absolute Gasteiger partial charge is 0.308 e. The van der Waals surface area contributed by atoms with Gasteiger partial charge in [-0.3, -0.25) is 9.59 Å². The van der Waals surface area contributed by atoms with Gasteiger partial charge in [0.05, 0.1) is 6.42 Å². The molecule has 0 aliphatic rings. The molecule has 0 saturated carbocycles. The van der Waals surface area contributed by atoms with E-state index in [4.69, 9.17) is 5.11 Å². The van der Waals surface area contributed by atoms with Crippen molar-refractivity contribution in [3.8, 4) is 0 Å². The molecule has 1 heterocycles. The van der Waals surface area contributed by atoms with Crippen molar-refractivity contribution in [3.63, 3.8) is 0 Å². The fourth-order valence-electron chi connectivity index (χ4n) is 1.30. The van der Waals surface area contributed by atoms with E-state index in [0.717, 1.165) is 9.75 Å². The van der Waals surface area contributed by atoms with Crippen LogP contribution in [0.15, 0.2) is 12.1 Å². The highest BCUT2D eigenvalue weighted by atomic mass is 32.1. The maximum Gasteiger partial charge on any atom is 0.308 e. The topological polar surface area (TPSA) is 78.4 Å². The summed E-state index contributed by atoms with van der Waals surface area (Å²) in [7, 11) is 1.61. The molecule has 0 aliphatic carbocycles. The van der Waals surface area contributed by atoms with Crippen molar-refractivity contribution < 1.29 is 14.7 Å². The van der Waals surface area contributed by atoms with Crippen molar-refractivity contribution in [1.82, 2.24) is 10.6 Å². The Bertz CT molecular complexity index is 390. The number of hydrogen-bond acceptors (Lipinski definition) is 4.